The zero-order chi connectivity index (χ0) is 14.4. The smallest absolute Gasteiger partial charge is 0.239 e. The zero-order valence-corrected chi connectivity index (χ0v) is 13.0. The molecule has 0 saturated carbocycles. The van der Waals surface area contributed by atoms with Crippen molar-refractivity contribution >= 4 is 18.3 Å². The summed E-state index contributed by atoms with van der Waals surface area (Å²) in [6, 6.07) is 5.82. The van der Waals surface area contributed by atoms with Gasteiger partial charge in [-0.05, 0) is 43.7 Å². The number of nitrogens with zero attached hydrogens (tertiary/aromatic N) is 1. The number of hydrogen-bond donors (Lipinski definition) is 1. The Kier molecular flexibility index (Phi) is 7.47. The molecule has 0 aromatic heterocycles. The second kappa shape index (κ2) is 8.85. The Labute approximate surface area is 131 Å². The van der Waals surface area contributed by atoms with Crippen LogP contribution in [0.1, 0.15) is 19.3 Å². The van der Waals surface area contributed by atoms with Crippen LogP contribution in [0.15, 0.2) is 24.3 Å². The van der Waals surface area contributed by atoms with Crippen LogP contribution in [0, 0.1) is 5.82 Å². The van der Waals surface area contributed by atoms with Gasteiger partial charge >= 0.3 is 0 Å². The molecule has 1 aromatic carbocycles. The van der Waals surface area contributed by atoms with Crippen molar-refractivity contribution in [3.63, 3.8) is 0 Å². The Morgan fingerprint density at radius 3 is 2.71 bits per heavy atom. The molecule has 1 atom stereocenters. The topological polar surface area (TPSA) is 41.6 Å². The number of benzene rings is 1. The highest BCUT2D eigenvalue weighted by Crippen LogP contribution is 2.12. The van der Waals surface area contributed by atoms with Crippen LogP contribution in [0.2, 0.25) is 0 Å². The lowest BCUT2D eigenvalue weighted by atomic mass is 10.0. The van der Waals surface area contributed by atoms with Crippen LogP contribution < -0.4 is 10.1 Å². The first-order valence-corrected chi connectivity index (χ1v) is 7.03. The van der Waals surface area contributed by atoms with Crippen molar-refractivity contribution in [1.82, 2.24) is 10.2 Å². The molecule has 0 unspecified atom stereocenters. The predicted octanol–water partition coefficient (Wildman–Crippen LogP) is 2.23. The van der Waals surface area contributed by atoms with E-state index >= 15 is 0 Å². The molecular formula is C15H22ClFN2O2. The summed E-state index contributed by atoms with van der Waals surface area (Å²) in [7, 11) is 1.78. The number of ether oxygens (including phenoxy) is 1. The standard InChI is InChI=1S/C15H21FN2O2.ClH/c1-18(15(19)14-4-2-3-9-17-14)10-11-20-13-7-5-12(16)6-8-13;/h5-8,14,17H,2-4,9-11H2,1H3;1H/t14-;/m1./s1. The zero-order valence-electron chi connectivity index (χ0n) is 12.2. The van der Waals surface area contributed by atoms with Gasteiger partial charge in [0.1, 0.15) is 18.2 Å². The number of carbonyl (C=O) groups excluding carboxylic acids is 1. The Morgan fingerprint density at radius 2 is 2.10 bits per heavy atom. The molecule has 1 aromatic rings. The quantitative estimate of drug-likeness (QED) is 0.905. The van der Waals surface area contributed by atoms with E-state index in [1.807, 2.05) is 0 Å². The fourth-order valence-electron chi connectivity index (χ4n) is 2.27. The lowest BCUT2D eigenvalue weighted by Gasteiger charge is -2.27. The van der Waals surface area contributed by atoms with Crippen molar-refractivity contribution in [1.29, 1.82) is 0 Å². The molecule has 1 fully saturated rings. The highest BCUT2D eigenvalue weighted by Gasteiger charge is 2.23. The second-order valence-corrected chi connectivity index (χ2v) is 5.06. The SMILES string of the molecule is CN(CCOc1ccc(F)cc1)C(=O)[C@H]1CCCCN1.Cl. The van der Waals surface area contributed by atoms with Gasteiger partial charge in [0.2, 0.25) is 5.91 Å². The van der Waals surface area contributed by atoms with Crippen molar-refractivity contribution in [3.05, 3.63) is 30.1 Å². The highest BCUT2D eigenvalue weighted by molar-refractivity contribution is 5.85. The van der Waals surface area contributed by atoms with E-state index in [9.17, 15) is 9.18 Å². The molecule has 2 rings (SSSR count). The minimum absolute atomic E-state index is 0. The summed E-state index contributed by atoms with van der Waals surface area (Å²) < 4.78 is 18.2. The number of hydrogen-bond acceptors (Lipinski definition) is 3. The van der Waals surface area contributed by atoms with Crippen LogP contribution in [-0.4, -0.2) is 43.6 Å². The summed E-state index contributed by atoms with van der Waals surface area (Å²) >= 11 is 0. The Bertz CT molecular complexity index is 436. The Hall–Kier alpha value is -1.33. The summed E-state index contributed by atoms with van der Waals surface area (Å²) in [6.07, 6.45) is 3.15. The fourth-order valence-corrected chi connectivity index (χ4v) is 2.27. The van der Waals surface area contributed by atoms with Crippen molar-refractivity contribution in [2.24, 2.45) is 0 Å². The summed E-state index contributed by atoms with van der Waals surface area (Å²) in [4.78, 5) is 13.8. The van der Waals surface area contributed by atoms with Gasteiger partial charge in [0, 0.05) is 7.05 Å². The number of nitrogens with one attached hydrogen (secondary N) is 1. The molecule has 1 saturated heterocycles. The fraction of sp³-hybridized carbons (Fsp3) is 0.533. The van der Waals surface area contributed by atoms with Gasteiger partial charge in [-0.1, -0.05) is 6.42 Å². The third-order valence-electron chi connectivity index (χ3n) is 3.49. The molecular weight excluding hydrogens is 295 g/mol. The summed E-state index contributed by atoms with van der Waals surface area (Å²) in [6.45, 7) is 1.84. The number of piperidine rings is 1. The Morgan fingerprint density at radius 1 is 1.38 bits per heavy atom. The number of rotatable bonds is 5. The first-order valence-electron chi connectivity index (χ1n) is 7.03. The minimum Gasteiger partial charge on any atom is -0.492 e. The monoisotopic (exact) mass is 316 g/mol. The van der Waals surface area contributed by atoms with E-state index in [2.05, 4.69) is 5.32 Å². The average Bonchev–Trinajstić information content (AvgIpc) is 2.49. The van der Waals surface area contributed by atoms with E-state index in [1.165, 1.54) is 12.1 Å². The van der Waals surface area contributed by atoms with Crippen molar-refractivity contribution in [2.75, 3.05) is 26.7 Å². The maximum Gasteiger partial charge on any atom is 0.239 e. The molecule has 1 aliphatic heterocycles. The van der Waals surface area contributed by atoms with Crippen molar-refractivity contribution < 1.29 is 13.9 Å². The molecule has 4 nitrogen and oxygen atoms in total. The molecule has 6 heteroatoms. The van der Waals surface area contributed by atoms with E-state index < -0.39 is 0 Å². The third-order valence-corrected chi connectivity index (χ3v) is 3.49. The average molecular weight is 317 g/mol. The van der Waals surface area contributed by atoms with Crippen molar-refractivity contribution in [2.45, 2.75) is 25.3 Å². The van der Waals surface area contributed by atoms with Gasteiger partial charge in [-0.2, -0.15) is 0 Å². The van der Waals surface area contributed by atoms with Crippen LogP contribution in [0.4, 0.5) is 4.39 Å². The van der Waals surface area contributed by atoms with Crippen molar-refractivity contribution in [3.8, 4) is 5.75 Å². The van der Waals surface area contributed by atoms with Gasteiger partial charge in [-0.25, -0.2) is 4.39 Å². The lowest BCUT2D eigenvalue weighted by Crippen LogP contribution is -2.48. The van der Waals surface area contributed by atoms with E-state index in [1.54, 1.807) is 24.1 Å². The lowest BCUT2D eigenvalue weighted by molar-refractivity contribution is -0.133. The van der Waals surface area contributed by atoms with Gasteiger partial charge < -0.3 is 15.0 Å². The molecule has 1 N–H and O–H groups in total. The van der Waals surface area contributed by atoms with Gasteiger partial charge in [0.05, 0.1) is 12.6 Å². The number of halogens is 2. The van der Waals surface area contributed by atoms with Crippen LogP contribution >= 0.6 is 12.4 Å². The van der Waals surface area contributed by atoms with E-state index in [-0.39, 0.29) is 30.2 Å². The second-order valence-electron chi connectivity index (χ2n) is 5.06. The molecule has 118 valence electrons. The third kappa shape index (κ3) is 5.52. The maximum absolute atomic E-state index is 12.7. The molecule has 21 heavy (non-hydrogen) atoms. The molecule has 1 aliphatic rings. The van der Waals surface area contributed by atoms with Gasteiger partial charge in [-0.15, -0.1) is 12.4 Å². The van der Waals surface area contributed by atoms with Crippen LogP contribution in [0.25, 0.3) is 0 Å². The van der Waals surface area contributed by atoms with Crippen LogP contribution in [0.3, 0.4) is 0 Å². The van der Waals surface area contributed by atoms with E-state index in [4.69, 9.17) is 4.74 Å². The summed E-state index contributed by atoms with van der Waals surface area (Å²) in [5.74, 6) is 0.448. The van der Waals surface area contributed by atoms with Gasteiger partial charge in [0.15, 0.2) is 0 Å². The minimum atomic E-state index is -0.284. The maximum atomic E-state index is 12.7. The summed E-state index contributed by atoms with van der Waals surface area (Å²) in [5.41, 5.74) is 0. The van der Waals surface area contributed by atoms with Crippen LogP contribution in [0.5, 0.6) is 5.75 Å². The van der Waals surface area contributed by atoms with Gasteiger partial charge in [0.25, 0.3) is 0 Å². The molecule has 0 radical (unpaired) electrons. The predicted molar refractivity (Wildman–Crippen MR) is 82.4 cm³/mol. The molecule has 0 aliphatic carbocycles. The first-order chi connectivity index (χ1) is 9.66. The normalized spacial score (nSPS) is 17.7. The number of likely N-dealkylation sites (N-methyl/N-ethyl adjacent to an activating group) is 1. The summed E-state index contributed by atoms with van der Waals surface area (Å²) in [5, 5.41) is 3.24. The first kappa shape index (κ1) is 17.7. The van der Waals surface area contributed by atoms with E-state index in [0.29, 0.717) is 18.9 Å². The van der Waals surface area contributed by atoms with Crippen LogP contribution in [-0.2, 0) is 4.79 Å². The molecule has 0 spiro atoms. The highest BCUT2D eigenvalue weighted by atomic mass is 35.5. The number of carbonyl (C=O) groups is 1. The number of amides is 1. The van der Waals surface area contributed by atoms with Gasteiger partial charge in [-0.3, -0.25) is 4.79 Å². The van der Waals surface area contributed by atoms with E-state index in [0.717, 1.165) is 25.8 Å². The molecule has 0 bridgehead atoms. The Balaban J connectivity index is 0.00000220. The molecule has 1 amide bonds. The molecule has 1 heterocycles. The largest absolute Gasteiger partial charge is 0.492 e.